The van der Waals surface area contributed by atoms with Gasteiger partial charge in [0.05, 0.1) is 17.9 Å². The van der Waals surface area contributed by atoms with Crippen LogP contribution in [0.2, 0.25) is 0 Å². The van der Waals surface area contributed by atoms with Gasteiger partial charge in [-0.25, -0.2) is 21.5 Å². The van der Waals surface area contributed by atoms with E-state index < -0.39 is 23.0 Å². The van der Waals surface area contributed by atoms with Gasteiger partial charge in [0, 0.05) is 21.1 Å². The Bertz CT molecular complexity index is 547. The highest BCUT2D eigenvalue weighted by atomic mass is 32.2. The Morgan fingerprint density at radius 3 is 2.32 bits per heavy atom. The number of hydrogen-bond acceptors (Lipinski definition) is 4. The van der Waals surface area contributed by atoms with Crippen LogP contribution in [-0.2, 0) is 10.0 Å². The van der Waals surface area contributed by atoms with Crippen LogP contribution in [0, 0.1) is 0 Å². The van der Waals surface area contributed by atoms with Gasteiger partial charge in [-0.2, -0.15) is 0 Å². The van der Waals surface area contributed by atoms with E-state index in [2.05, 4.69) is 0 Å². The van der Waals surface area contributed by atoms with E-state index in [1.165, 1.54) is 44.2 Å². The average molecular weight is 293 g/mol. The predicted molar refractivity (Wildman–Crippen MR) is 71.0 cm³/mol. The van der Waals surface area contributed by atoms with Gasteiger partial charge in [-0.15, -0.1) is 0 Å². The highest BCUT2D eigenvalue weighted by Crippen LogP contribution is 2.30. The maximum Gasteiger partial charge on any atom is 0.255 e. The first-order valence-corrected chi connectivity index (χ1v) is 6.92. The molecular weight excluding hydrogens is 276 g/mol. The van der Waals surface area contributed by atoms with Crippen LogP contribution >= 0.6 is 0 Å². The lowest BCUT2D eigenvalue weighted by Gasteiger charge is -2.22. The molecule has 1 rings (SSSR count). The first-order chi connectivity index (χ1) is 8.67. The lowest BCUT2D eigenvalue weighted by molar-refractivity contribution is 0.156. The Balaban J connectivity index is 3.27. The fraction of sp³-hybridized carbons (Fsp3) is 0.455. The van der Waals surface area contributed by atoms with Crippen molar-refractivity contribution in [3.05, 3.63) is 18.2 Å². The summed E-state index contributed by atoms with van der Waals surface area (Å²) < 4.78 is 49.8. The fourth-order valence-corrected chi connectivity index (χ4v) is 2.62. The Hall–Kier alpha value is -1.41. The van der Waals surface area contributed by atoms with Gasteiger partial charge in [0.15, 0.2) is 0 Å². The molecule has 5 nitrogen and oxygen atoms in total. The van der Waals surface area contributed by atoms with Crippen LogP contribution in [-0.4, -0.2) is 46.8 Å². The quantitative estimate of drug-likeness (QED) is 0.829. The fourth-order valence-electron chi connectivity index (χ4n) is 1.59. The number of benzene rings is 1. The van der Waals surface area contributed by atoms with Crippen molar-refractivity contribution in [1.29, 1.82) is 0 Å². The molecule has 8 heteroatoms. The van der Waals surface area contributed by atoms with Gasteiger partial charge >= 0.3 is 0 Å². The number of para-hydroxylation sites is 1. The number of hydrogen-bond donors (Lipinski definition) is 1. The second-order valence-corrected chi connectivity index (χ2v) is 6.37. The van der Waals surface area contributed by atoms with Gasteiger partial charge in [-0.1, -0.05) is 6.07 Å². The van der Waals surface area contributed by atoms with Gasteiger partial charge in [0.1, 0.15) is 4.90 Å². The molecule has 0 heterocycles. The molecule has 19 heavy (non-hydrogen) atoms. The third-order valence-corrected chi connectivity index (χ3v) is 4.50. The summed E-state index contributed by atoms with van der Waals surface area (Å²) in [5, 5.41) is 0. The summed E-state index contributed by atoms with van der Waals surface area (Å²) in [7, 11) is 0.495. The van der Waals surface area contributed by atoms with Gasteiger partial charge in [-0.3, -0.25) is 0 Å². The zero-order valence-corrected chi connectivity index (χ0v) is 11.8. The van der Waals surface area contributed by atoms with Crippen LogP contribution in [0.4, 0.5) is 20.2 Å². The molecule has 0 radical (unpaired) electrons. The average Bonchev–Trinajstić information content (AvgIpc) is 2.27. The smallest absolute Gasteiger partial charge is 0.255 e. The van der Waals surface area contributed by atoms with Crippen molar-refractivity contribution in [2.75, 3.05) is 38.3 Å². The van der Waals surface area contributed by atoms with Crippen LogP contribution in [0.3, 0.4) is 0 Å². The molecule has 0 atom stereocenters. The predicted octanol–water partition coefficient (Wildman–Crippen LogP) is 1.22. The minimum Gasteiger partial charge on any atom is -0.396 e. The number of nitrogen functional groups attached to an aromatic ring is 1. The van der Waals surface area contributed by atoms with Crippen molar-refractivity contribution in [3.8, 4) is 0 Å². The molecule has 0 fully saturated rings. The third kappa shape index (κ3) is 3.32. The summed E-state index contributed by atoms with van der Waals surface area (Å²) in [4.78, 5) is 1.14. The van der Waals surface area contributed by atoms with Crippen molar-refractivity contribution in [2.45, 2.75) is 11.3 Å². The van der Waals surface area contributed by atoms with Crippen LogP contribution in [0.15, 0.2) is 23.1 Å². The second kappa shape index (κ2) is 5.70. The number of alkyl halides is 2. The maximum absolute atomic E-state index is 12.4. The van der Waals surface area contributed by atoms with Gasteiger partial charge < -0.3 is 10.6 Å². The first-order valence-electron chi connectivity index (χ1n) is 5.48. The van der Waals surface area contributed by atoms with Crippen molar-refractivity contribution in [2.24, 2.45) is 0 Å². The molecule has 0 amide bonds. The summed E-state index contributed by atoms with van der Waals surface area (Å²) in [5.74, 6) is 0. The topological polar surface area (TPSA) is 66.6 Å². The summed E-state index contributed by atoms with van der Waals surface area (Å²) in [6.07, 6.45) is -2.53. The normalized spacial score (nSPS) is 12.2. The number of rotatable bonds is 5. The summed E-state index contributed by atoms with van der Waals surface area (Å²) >= 11 is 0. The lowest BCUT2D eigenvalue weighted by Crippen LogP contribution is -2.27. The molecule has 0 saturated heterocycles. The van der Waals surface area contributed by atoms with Gasteiger partial charge in [-0.05, 0) is 12.1 Å². The molecule has 0 bridgehead atoms. The first kappa shape index (κ1) is 15.6. The van der Waals surface area contributed by atoms with E-state index in [1.54, 1.807) is 0 Å². The van der Waals surface area contributed by atoms with Crippen LogP contribution < -0.4 is 10.6 Å². The molecule has 2 N–H and O–H groups in total. The van der Waals surface area contributed by atoms with Crippen molar-refractivity contribution in [3.63, 3.8) is 0 Å². The van der Waals surface area contributed by atoms with Crippen molar-refractivity contribution in [1.82, 2.24) is 4.31 Å². The van der Waals surface area contributed by atoms with E-state index >= 15 is 0 Å². The van der Waals surface area contributed by atoms with E-state index in [4.69, 9.17) is 5.73 Å². The molecule has 0 aliphatic rings. The van der Waals surface area contributed by atoms with Crippen LogP contribution in [0.25, 0.3) is 0 Å². The van der Waals surface area contributed by atoms with Crippen LogP contribution in [0.5, 0.6) is 0 Å². The van der Waals surface area contributed by atoms with E-state index in [1.807, 2.05) is 0 Å². The number of halogens is 2. The van der Waals surface area contributed by atoms with Crippen molar-refractivity contribution < 1.29 is 17.2 Å². The molecule has 0 aliphatic carbocycles. The molecule has 0 unspecified atom stereocenters. The zero-order chi connectivity index (χ0) is 14.8. The second-order valence-electron chi connectivity index (χ2n) is 4.25. The summed E-state index contributed by atoms with van der Waals surface area (Å²) in [5.41, 5.74) is 6.03. The molecule has 0 saturated carbocycles. The lowest BCUT2D eigenvalue weighted by atomic mass is 10.2. The number of anilines is 2. The standard InChI is InChI=1S/C11H17F2N3O2S/c1-15(2)19(17,18)9-6-4-5-8(11(9)14)16(3)7-10(12)13/h4-6,10H,7,14H2,1-3H3. The Morgan fingerprint density at radius 1 is 1.26 bits per heavy atom. The molecular formula is C11H17F2N3O2S. The zero-order valence-electron chi connectivity index (χ0n) is 11.0. The van der Waals surface area contributed by atoms with Gasteiger partial charge in [0.2, 0.25) is 10.0 Å². The molecule has 108 valence electrons. The highest BCUT2D eigenvalue weighted by molar-refractivity contribution is 7.89. The monoisotopic (exact) mass is 293 g/mol. The Labute approximate surface area is 111 Å². The third-order valence-electron chi connectivity index (χ3n) is 2.62. The van der Waals surface area contributed by atoms with E-state index in [-0.39, 0.29) is 16.3 Å². The van der Waals surface area contributed by atoms with E-state index in [0.29, 0.717) is 0 Å². The minimum absolute atomic E-state index is 0.0284. The highest BCUT2D eigenvalue weighted by Gasteiger charge is 2.23. The Morgan fingerprint density at radius 2 is 1.84 bits per heavy atom. The molecule has 0 spiro atoms. The maximum atomic E-state index is 12.4. The van der Waals surface area contributed by atoms with Crippen LogP contribution in [0.1, 0.15) is 0 Å². The van der Waals surface area contributed by atoms with E-state index in [0.717, 1.165) is 4.31 Å². The number of sulfonamides is 1. The number of nitrogens with two attached hydrogens (primary N) is 1. The molecule has 0 aliphatic heterocycles. The number of nitrogens with zero attached hydrogens (tertiary/aromatic N) is 2. The minimum atomic E-state index is -3.70. The summed E-state index contributed by atoms with van der Waals surface area (Å²) in [6, 6.07) is 4.33. The molecule has 0 aromatic heterocycles. The summed E-state index contributed by atoms with van der Waals surface area (Å²) in [6.45, 7) is -0.518. The SMILES string of the molecule is CN(CC(F)F)c1cccc(S(=O)(=O)N(C)C)c1N. The molecule has 1 aromatic carbocycles. The molecule has 1 aromatic rings. The Kier molecular flexibility index (Phi) is 4.70. The van der Waals surface area contributed by atoms with E-state index in [9.17, 15) is 17.2 Å². The van der Waals surface area contributed by atoms with Crippen molar-refractivity contribution >= 4 is 21.4 Å². The van der Waals surface area contributed by atoms with Gasteiger partial charge in [0.25, 0.3) is 6.43 Å². The largest absolute Gasteiger partial charge is 0.396 e.